The normalized spacial score (nSPS) is 12.5. The summed E-state index contributed by atoms with van der Waals surface area (Å²) in [5, 5.41) is 42.4. The number of aromatic hydroxyl groups is 1. The maximum atomic E-state index is 13.0. The van der Waals surface area contributed by atoms with E-state index in [-0.39, 0.29) is 72.7 Å². The van der Waals surface area contributed by atoms with Crippen molar-refractivity contribution in [2.75, 3.05) is 17.7 Å². The number of carbonyl (C=O) groups excluding carboxylic acids is 11. The van der Waals surface area contributed by atoms with E-state index < -0.39 is 142 Å². The van der Waals surface area contributed by atoms with Crippen molar-refractivity contribution in [1.29, 1.82) is 0 Å². The van der Waals surface area contributed by atoms with Crippen LogP contribution in [0.3, 0.4) is 0 Å². The number of hydrogen-bond acceptors (Lipinski definition) is 30. The number of rotatable bonds is 28. The minimum absolute atomic E-state index is 0.0430. The molecule has 1 aromatic heterocycles. The Labute approximate surface area is 776 Å². The van der Waals surface area contributed by atoms with Crippen LogP contribution in [0.15, 0.2) is 127 Å². The van der Waals surface area contributed by atoms with Crippen molar-refractivity contribution in [3.8, 4) is 28.7 Å². The van der Waals surface area contributed by atoms with Crippen molar-refractivity contribution in [2.24, 2.45) is 5.73 Å². The van der Waals surface area contributed by atoms with Crippen LogP contribution in [0.1, 0.15) is 200 Å². The smallest absolute Gasteiger partial charge is 0.508 e. The van der Waals surface area contributed by atoms with Crippen molar-refractivity contribution in [3.63, 3.8) is 0 Å². The van der Waals surface area contributed by atoms with Gasteiger partial charge in [-0.15, -0.1) is 11.3 Å². The van der Waals surface area contributed by atoms with E-state index in [1.54, 1.807) is 264 Å². The highest BCUT2D eigenvalue weighted by Gasteiger charge is 2.32. The molecule has 0 radical (unpaired) electrons. The summed E-state index contributed by atoms with van der Waals surface area (Å²) >= 11 is 4.53. The van der Waals surface area contributed by atoms with Crippen LogP contribution in [-0.2, 0) is 100 Å². The maximum absolute atomic E-state index is 13.0. The van der Waals surface area contributed by atoms with Crippen LogP contribution in [-0.4, -0.2) is 197 Å². The highest BCUT2D eigenvalue weighted by atomic mass is 79.9. The van der Waals surface area contributed by atoms with Gasteiger partial charge in [0.25, 0.3) is 5.78 Å². The number of benzene rings is 5. The number of ether oxygens (including phenoxy) is 12. The first-order chi connectivity index (χ1) is 60.2. The molecule has 0 saturated heterocycles. The largest absolute Gasteiger partial charge is 0.514 e. The number of carbonyl (C=O) groups is 13. The number of ketones is 3. The van der Waals surface area contributed by atoms with Gasteiger partial charge in [0.2, 0.25) is 0 Å². The molecule has 131 heavy (non-hydrogen) atoms. The van der Waals surface area contributed by atoms with Crippen LogP contribution in [0, 0.1) is 0 Å². The van der Waals surface area contributed by atoms with E-state index >= 15 is 0 Å². The number of aliphatic carboxylic acids is 2. The van der Waals surface area contributed by atoms with E-state index in [1.807, 2.05) is 0 Å². The summed E-state index contributed by atoms with van der Waals surface area (Å²) in [6.45, 7) is 41.5. The fraction of sp³-hybridized carbons (Fsp3) is 0.489. The molecule has 0 saturated carbocycles. The van der Waals surface area contributed by atoms with E-state index in [4.69, 9.17) is 78.3 Å². The third-order valence-corrected chi connectivity index (χ3v) is 16.6. The molecule has 37 nitrogen and oxygen atoms in total. The lowest BCUT2D eigenvalue weighted by atomic mass is 10.00. The van der Waals surface area contributed by atoms with Gasteiger partial charge in [-0.05, 0) is 274 Å². The summed E-state index contributed by atoms with van der Waals surface area (Å²) < 4.78 is 61.6. The molecule has 720 valence electrons. The van der Waals surface area contributed by atoms with Crippen LogP contribution in [0.25, 0.3) is 5.53 Å². The van der Waals surface area contributed by atoms with Crippen molar-refractivity contribution in [2.45, 2.75) is 280 Å². The van der Waals surface area contributed by atoms with Crippen molar-refractivity contribution >= 4 is 117 Å². The molecule has 0 bridgehead atoms. The molecule has 0 unspecified atom stereocenters. The van der Waals surface area contributed by atoms with Gasteiger partial charge < -0.3 is 110 Å². The summed E-state index contributed by atoms with van der Waals surface area (Å²) in [6, 6.07) is 27.6. The third-order valence-electron chi connectivity index (χ3n) is 15.1. The molecule has 39 heteroatoms. The predicted octanol–water partition coefficient (Wildman–Crippen LogP) is 16.3. The summed E-state index contributed by atoms with van der Waals surface area (Å²) in [7, 11) is 1.76. The second kappa shape index (κ2) is 52.2. The number of amides is 4. The van der Waals surface area contributed by atoms with Crippen LogP contribution in [0.2, 0.25) is 0 Å². The van der Waals surface area contributed by atoms with Gasteiger partial charge in [-0.25, -0.2) is 48.1 Å². The minimum atomic E-state index is -1.19. The van der Waals surface area contributed by atoms with Gasteiger partial charge in [0.1, 0.15) is 91.7 Å². The van der Waals surface area contributed by atoms with E-state index in [0.717, 1.165) is 16.7 Å². The van der Waals surface area contributed by atoms with Crippen LogP contribution >= 0.6 is 27.3 Å². The van der Waals surface area contributed by atoms with Crippen molar-refractivity contribution in [3.05, 3.63) is 166 Å². The fourth-order valence-electron chi connectivity index (χ4n) is 9.92. The molecule has 6 aromatic rings. The van der Waals surface area contributed by atoms with E-state index in [2.05, 4.69) is 52.3 Å². The number of nitrogens with zero attached hydrogens (tertiary/aromatic N) is 3. The van der Waals surface area contributed by atoms with Gasteiger partial charge in [0, 0.05) is 25.3 Å². The quantitative estimate of drug-likeness (QED) is 0.00419. The number of aromatic nitrogens is 1. The number of anilines is 1. The fourth-order valence-corrected chi connectivity index (χ4v) is 11.0. The van der Waals surface area contributed by atoms with Gasteiger partial charge >= 0.3 is 67.1 Å². The molecule has 0 spiro atoms. The molecular formula is C92H126BrN9O28S. The Bertz CT molecular complexity index is 4790. The second-order valence-corrected chi connectivity index (χ2v) is 38.3. The highest BCUT2D eigenvalue weighted by Crippen LogP contribution is 2.25. The molecule has 1 heterocycles. The first kappa shape index (κ1) is 114. The van der Waals surface area contributed by atoms with Crippen molar-refractivity contribution in [1.82, 2.24) is 26.3 Å². The van der Waals surface area contributed by atoms with Crippen LogP contribution < -0.4 is 51.3 Å². The number of carboxylic acid groups (broad SMARTS) is 2. The molecule has 0 aliphatic carbocycles. The zero-order valence-corrected chi connectivity index (χ0v) is 81.2. The minimum Gasteiger partial charge on any atom is -0.508 e. The average Bonchev–Trinajstić information content (AvgIpc) is 1.61. The number of carboxylic acids is 2. The van der Waals surface area contributed by atoms with Gasteiger partial charge in [-0.1, -0.05) is 76.6 Å². The molecule has 5 atom stereocenters. The lowest BCUT2D eigenvalue weighted by molar-refractivity contribution is -0.140. The van der Waals surface area contributed by atoms with E-state index in [1.165, 1.54) is 47.7 Å². The predicted molar refractivity (Wildman–Crippen MR) is 490 cm³/mol. The average molecular weight is 1920 g/mol. The van der Waals surface area contributed by atoms with Gasteiger partial charge in [0.05, 0.1) is 29.5 Å². The number of phenolic OH excluding ortho intramolecular Hbond substituents is 1. The van der Waals surface area contributed by atoms with E-state index in [9.17, 15) is 67.4 Å². The second-order valence-electron chi connectivity index (χ2n) is 36.9. The van der Waals surface area contributed by atoms with Gasteiger partial charge in [0.15, 0.2) is 16.7 Å². The Morgan fingerprint density at radius 1 is 0.397 bits per heavy atom. The number of thiazole rings is 1. The number of hydrogen-bond donors (Lipinski definition) is 9. The summed E-state index contributed by atoms with van der Waals surface area (Å²) in [5.74, 6) is -1.87. The van der Waals surface area contributed by atoms with Crippen molar-refractivity contribution < 1.29 is 139 Å². The number of phenols is 1. The number of nitrogens with one attached hydrogen (secondary N) is 5. The SMILES string of the molecule is CC(C)(C)OC(=O)N[C@@H](Cc1ccc(OC(=O)OC(C)(C)C)cc1)C(=O)C=[N+]=[N-].CC(C)(C)OC(=O)N[C@@H](Cc1ccc(OC(=O)OC(C)(C)C)cc1)C(=O)CBr.CC(C)(C)OC(=O)N[C@@H](Cc1ccc(OC(=O)OC(C)(C)C)cc1)C(=O)O.CNc1nc(CC(=O)[C@H](Cc2ccc(OC(=O)OC(C)(C)C)cc2)NC(=O)OC(C)(C)C)cs1.N[C@@H](Cc1ccc(O)cc1)C(=O)O. The van der Waals surface area contributed by atoms with Gasteiger partial charge in [-0.3, -0.25) is 19.2 Å². The Morgan fingerprint density at radius 3 is 0.916 bits per heavy atom. The Kier molecular flexibility index (Phi) is 45.6. The lowest BCUT2D eigenvalue weighted by Crippen LogP contribution is -2.45. The molecule has 5 aromatic carbocycles. The number of halogens is 1. The topological polar surface area (TPSA) is 529 Å². The first-order valence-corrected chi connectivity index (χ1v) is 43.1. The summed E-state index contributed by atoms with van der Waals surface area (Å²) in [5.41, 5.74) is 12.7. The van der Waals surface area contributed by atoms with Gasteiger partial charge in [-0.2, -0.15) is 4.79 Å². The molecule has 0 fully saturated rings. The zero-order valence-electron chi connectivity index (χ0n) is 78.8. The Balaban J connectivity index is 0.000000566. The Hall–Kier alpha value is -12.7. The molecule has 10 N–H and O–H groups in total. The highest BCUT2D eigenvalue weighted by molar-refractivity contribution is 9.09. The van der Waals surface area contributed by atoms with Crippen LogP contribution in [0.4, 0.5) is 43.5 Å². The van der Waals surface area contributed by atoms with Crippen LogP contribution in [0.5, 0.6) is 28.7 Å². The summed E-state index contributed by atoms with van der Waals surface area (Å²) in [4.78, 5) is 161. The Morgan fingerprint density at radius 2 is 0.656 bits per heavy atom. The monoisotopic (exact) mass is 1920 g/mol. The number of alkyl carbamates (subject to hydrolysis) is 4. The molecule has 0 aliphatic rings. The van der Waals surface area contributed by atoms with E-state index in [0.29, 0.717) is 39.7 Å². The number of alkyl halides is 1. The molecule has 6 rings (SSSR count). The molecular weight excluding hydrogens is 1790 g/mol. The number of nitrogens with two attached hydrogens (primary N) is 1. The lowest BCUT2D eigenvalue weighted by Gasteiger charge is -2.23. The third kappa shape index (κ3) is 54.4. The standard InChI is InChI=1S/C24H33N3O6S.C20H28BrNO6.C20H27N3O6.C19H27NO7.C9H11NO3/c1-23(2,3)32-21(29)27-18(19(28)13-16-14-34-20(25-7)26-16)12-15-8-10-17(11-9-15)31-22(30)33-24(4,5)6;1-19(2,3)27-17(24)22-15(16(23)12-21)11-13-7-9-14(10-8-13)26-18(25)28-20(4,5)6;1-19(2,3)28-17(25)23-15(16(24)12-22-21)11-13-7-9-14(10-8-13)27-18(26)29-20(4,5)6;1-18(2,3)26-16(23)20-14(15(21)22)11-12-7-9-13(10-8-12)25-17(24)27-19(4,5)6;10-8(9(12)13)5-6-1-3-7(11)4-2-6/h8-11,14,18H,12-13H2,1-7H3,(H,25,26)(H,27,29);7-10,15H,11-12H2,1-6H3,(H,22,24);7-10,12,15H,11H2,1-6H3,(H,23,25);7-10,14H,11H2,1-6H3,(H,20,23)(H,21,22);1-4,8,11H,5,10H2,(H,12,13)/t18-;2*15-;14-;8-/m00000/s1. The number of Topliss-reactive ketones (excluding diaryl/α,β-unsaturated/α-hetero) is 3. The molecule has 0 aliphatic heterocycles. The zero-order chi connectivity index (χ0) is 100.0. The summed E-state index contributed by atoms with van der Waals surface area (Å²) in [6.07, 6.45) is -4.45. The molecule has 4 amide bonds. The first-order valence-electron chi connectivity index (χ1n) is 41.1. The maximum Gasteiger partial charge on any atom is 0.514 e.